The summed E-state index contributed by atoms with van der Waals surface area (Å²) in [5, 5.41) is 0. The number of rotatable bonds is 7. The van der Waals surface area contributed by atoms with Crippen molar-refractivity contribution >= 4 is 10.0 Å². The third kappa shape index (κ3) is 5.34. The average molecular weight is 392 g/mol. The van der Waals surface area contributed by atoms with Crippen LogP contribution >= 0.6 is 0 Å². The first kappa shape index (κ1) is 19.9. The molecule has 1 unspecified atom stereocenters. The van der Waals surface area contributed by atoms with Crippen LogP contribution in [0.2, 0.25) is 0 Å². The summed E-state index contributed by atoms with van der Waals surface area (Å²) in [5.74, 6) is -0.452. The number of aryl methyl sites for hydroxylation is 1. The molecule has 1 aliphatic heterocycles. The molecule has 0 amide bonds. The second kappa shape index (κ2) is 8.46. The second-order valence-corrected chi connectivity index (χ2v) is 9.39. The van der Waals surface area contributed by atoms with Crippen LogP contribution in [0.3, 0.4) is 0 Å². The third-order valence-electron chi connectivity index (χ3n) is 4.93. The first-order valence-electron chi connectivity index (χ1n) is 9.14. The molecule has 0 N–H and O–H groups in total. The van der Waals surface area contributed by atoms with E-state index in [-0.39, 0.29) is 17.2 Å². The average Bonchev–Trinajstić information content (AvgIpc) is 3.07. The van der Waals surface area contributed by atoms with Gasteiger partial charge in [0.05, 0.1) is 5.75 Å². The van der Waals surface area contributed by atoms with Gasteiger partial charge in [0.25, 0.3) is 0 Å². The van der Waals surface area contributed by atoms with Crippen molar-refractivity contribution in [2.75, 3.05) is 26.7 Å². The molecule has 2 heterocycles. The van der Waals surface area contributed by atoms with Crippen LogP contribution in [0.1, 0.15) is 23.1 Å². The van der Waals surface area contributed by atoms with E-state index in [1.54, 1.807) is 25.3 Å². The highest BCUT2D eigenvalue weighted by Crippen LogP contribution is 2.24. The molecular weight excluding hydrogens is 365 g/mol. The third-order valence-corrected chi connectivity index (χ3v) is 6.73. The van der Waals surface area contributed by atoms with Gasteiger partial charge in [0.1, 0.15) is 5.82 Å². The molecular formula is C20H26FN3O2S. The van der Waals surface area contributed by atoms with Gasteiger partial charge in [0.15, 0.2) is 0 Å². The van der Waals surface area contributed by atoms with E-state index in [0.717, 1.165) is 30.6 Å². The van der Waals surface area contributed by atoms with E-state index in [9.17, 15) is 12.8 Å². The topological polar surface area (TPSA) is 53.5 Å². The molecule has 1 atom stereocenters. The molecule has 2 aromatic rings. The molecule has 3 rings (SSSR count). The molecule has 1 aromatic heterocycles. The highest BCUT2D eigenvalue weighted by molar-refractivity contribution is 7.88. The molecule has 5 nitrogen and oxygen atoms in total. The number of sulfonamides is 1. The lowest BCUT2D eigenvalue weighted by atomic mass is 10.1. The molecule has 146 valence electrons. The van der Waals surface area contributed by atoms with Crippen molar-refractivity contribution in [2.24, 2.45) is 5.92 Å². The van der Waals surface area contributed by atoms with E-state index in [1.165, 1.54) is 10.4 Å². The molecule has 0 aliphatic carbocycles. The fourth-order valence-corrected chi connectivity index (χ4v) is 5.20. The lowest BCUT2D eigenvalue weighted by molar-refractivity contribution is 0.273. The molecule has 27 heavy (non-hydrogen) atoms. The van der Waals surface area contributed by atoms with E-state index in [1.807, 2.05) is 25.4 Å². The minimum Gasteiger partial charge on any atom is -0.302 e. The van der Waals surface area contributed by atoms with Crippen LogP contribution in [-0.4, -0.2) is 49.3 Å². The zero-order valence-corrected chi connectivity index (χ0v) is 16.6. The fourth-order valence-electron chi connectivity index (χ4n) is 3.56. The zero-order chi connectivity index (χ0) is 19.4. The minimum absolute atomic E-state index is 0.234. The van der Waals surface area contributed by atoms with Crippen LogP contribution in [-0.2, 0) is 22.3 Å². The highest BCUT2D eigenvalue weighted by Gasteiger charge is 2.32. The highest BCUT2D eigenvalue weighted by atomic mass is 32.2. The lowest BCUT2D eigenvalue weighted by Crippen LogP contribution is -2.32. The summed E-state index contributed by atoms with van der Waals surface area (Å²) in [5.41, 5.74) is 2.15. The van der Waals surface area contributed by atoms with Crippen LogP contribution in [0.4, 0.5) is 4.39 Å². The number of pyridine rings is 1. The van der Waals surface area contributed by atoms with Gasteiger partial charge in [-0.3, -0.25) is 4.98 Å². The van der Waals surface area contributed by atoms with Gasteiger partial charge in [-0.25, -0.2) is 17.1 Å². The van der Waals surface area contributed by atoms with Gasteiger partial charge in [-0.15, -0.1) is 0 Å². The first-order chi connectivity index (χ1) is 12.8. The maximum atomic E-state index is 14.0. The SMILES string of the molecule is Cc1ccc(CS(=O)(=O)N2CCC(CN(C)Cc3cccnc3)C2)c(F)c1. The molecule has 1 saturated heterocycles. The fraction of sp³-hybridized carbons (Fsp3) is 0.450. The van der Waals surface area contributed by atoms with Gasteiger partial charge in [-0.1, -0.05) is 18.2 Å². The quantitative estimate of drug-likeness (QED) is 0.728. The Kier molecular flexibility index (Phi) is 6.24. The number of halogens is 1. The Balaban J connectivity index is 1.56. The van der Waals surface area contributed by atoms with Crippen LogP contribution in [0, 0.1) is 18.7 Å². The van der Waals surface area contributed by atoms with Crippen molar-refractivity contribution in [1.29, 1.82) is 0 Å². The molecule has 0 radical (unpaired) electrons. The number of hydrogen-bond donors (Lipinski definition) is 0. The largest absolute Gasteiger partial charge is 0.302 e. The Morgan fingerprint density at radius 3 is 2.85 bits per heavy atom. The van der Waals surface area contributed by atoms with E-state index < -0.39 is 15.8 Å². The first-order valence-corrected chi connectivity index (χ1v) is 10.7. The number of nitrogens with zero attached hydrogens (tertiary/aromatic N) is 3. The zero-order valence-electron chi connectivity index (χ0n) is 15.8. The van der Waals surface area contributed by atoms with Gasteiger partial charge in [-0.05, 0) is 49.6 Å². The predicted molar refractivity (Wildman–Crippen MR) is 104 cm³/mol. The Hall–Kier alpha value is -1.83. The van der Waals surface area contributed by atoms with Crippen LogP contribution in [0.25, 0.3) is 0 Å². The minimum atomic E-state index is -3.51. The van der Waals surface area contributed by atoms with Gasteiger partial charge in [0, 0.05) is 44.1 Å². The van der Waals surface area contributed by atoms with Crippen LogP contribution in [0.5, 0.6) is 0 Å². The summed E-state index contributed by atoms with van der Waals surface area (Å²) < 4.78 is 40.9. The number of benzene rings is 1. The smallest absolute Gasteiger partial charge is 0.218 e. The summed E-state index contributed by atoms with van der Waals surface area (Å²) in [6, 6.07) is 8.64. The van der Waals surface area contributed by atoms with Crippen molar-refractivity contribution in [3.63, 3.8) is 0 Å². The van der Waals surface area contributed by atoms with Crippen molar-refractivity contribution in [3.8, 4) is 0 Å². The number of aromatic nitrogens is 1. The van der Waals surface area contributed by atoms with Crippen LogP contribution in [0.15, 0.2) is 42.7 Å². The molecule has 1 fully saturated rings. The van der Waals surface area contributed by atoms with Crippen LogP contribution < -0.4 is 0 Å². The Bertz CT molecular complexity index is 874. The molecule has 1 aliphatic rings. The summed E-state index contributed by atoms with van der Waals surface area (Å²) in [6.07, 6.45) is 4.42. The standard InChI is InChI=1S/C20H26FN3O2S/c1-16-5-6-19(20(21)10-16)15-27(25,26)24-9-7-18(14-24)13-23(2)12-17-4-3-8-22-11-17/h3-6,8,10-11,18H,7,9,12-15H2,1-2H3. The van der Waals surface area contributed by atoms with E-state index in [2.05, 4.69) is 9.88 Å². The second-order valence-electron chi connectivity index (χ2n) is 7.42. The van der Waals surface area contributed by atoms with Gasteiger partial charge in [0.2, 0.25) is 10.0 Å². The van der Waals surface area contributed by atoms with Gasteiger partial charge in [-0.2, -0.15) is 0 Å². The summed E-state index contributed by atoms with van der Waals surface area (Å²) in [7, 11) is -1.48. The molecule has 0 saturated carbocycles. The Morgan fingerprint density at radius 1 is 1.33 bits per heavy atom. The molecule has 0 bridgehead atoms. The van der Waals surface area contributed by atoms with Crippen molar-refractivity contribution in [1.82, 2.24) is 14.2 Å². The predicted octanol–water partition coefficient (Wildman–Crippen LogP) is 2.81. The maximum Gasteiger partial charge on any atom is 0.218 e. The molecule has 0 spiro atoms. The lowest BCUT2D eigenvalue weighted by Gasteiger charge is -2.21. The van der Waals surface area contributed by atoms with Gasteiger partial charge >= 0.3 is 0 Å². The van der Waals surface area contributed by atoms with Crippen molar-refractivity contribution in [3.05, 3.63) is 65.2 Å². The van der Waals surface area contributed by atoms with E-state index in [0.29, 0.717) is 13.1 Å². The van der Waals surface area contributed by atoms with Crippen molar-refractivity contribution in [2.45, 2.75) is 25.6 Å². The number of hydrogen-bond acceptors (Lipinski definition) is 4. The summed E-state index contributed by atoms with van der Waals surface area (Å²) >= 11 is 0. The normalized spacial score (nSPS) is 18.3. The molecule has 1 aromatic carbocycles. The van der Waals surface area contributed by atoms with E-state index in [4.69, 9.17) is 0 Å². The van der Waals surface area contributed by atoms with Crippen molar-refractivity contribution < 1.29 is 12.8 Å². The molecule has 7 heteroatoms. The van der Waals surface area contributed by atoms with Gasteiger partial charge < -0.3 is 4.90 Å². The Labute approximate surface area is 160 Å². The maximum absolute atomic E-state index is 14.0. The summed E-state index contributed by atoms with van der Waals surface area (Å²) in [4.78, 5) is 6.31. The monoisotopic (exact) mass is 391 g/mol. The summed E-state index contributed by atoms with van der Waals surface area (Å²) in [6.45, 7) is 4.38. The Morgan fingerprint density at radius 2 is 2.15 bits per heavy atom. The van der Waals surface area contributed by atoms with E-state index >= 15 is 0 Å².